The molecule has 0 saturated carbocycles. The lowest BCUT2D eigenvalue weighted by Crippen LogP contribution is -2.25. The van der Waals surface area contributed by atoms with Gasteiger partial charge in [0.1, 0.15) is 5.75 Å². The zero-order chi connectivity index (χ0) is 17.6. The van der Waals surface area contributed by atoms with Crippen LogP contribution in [0.15, 0.2) is 29.6 Å². The fourth-order valence-corrected chi connectivity index (χ4v) is 2.53. The fourth-order valence-electron chi connectivity index (χ4n) is 1.80. The lowest BCUT2D eigenvalue weighted by Gasteiger charge is -2.09. The molecule has 1 amide bonds. The van der Waals surface area contributed by atoms with Gasteiger partial charge in [-0.1, -0.05) is 6.92 Å². The zero-order valence-corrected chi connectivity index (χ0v) is 13.6. The predicted octanol–water partition coefficient (Wildman–Crippen LogP) is 3.85. The van der Waals surface area contributed by atoms with Crippen molar-refractivity contribution in [2.75, 3.05) is 11.9 Å². The molecule has 0 unspecified atom stereocenters. The smallest absolute Gasteiger partial charge is 0.406 e. The van der Waals surface area contributed by atoms with Crippen LogP contribution < -0.4 is 15.4 Å². The van der Waals surface area contributed by atoms with E-state index in [0.717, 1.165) is 6.42 Å². The molecule has 2 N–H and O–H groups in total. The van der Waals surface area contributed by atoms with Crippen LogP contribution in [0.5, 0.6) is 5.75 Å². The van der Waals surface area contributed by atoms with Gasteiger partial charge in [0.25, 0.3) is 0 Å². The summed E-state index contributed by atoms with van der Waals surface area (Å²) >= 11 is 1.31. The molecular weight excluding hydrogens is 343 g/mol. The first-order valence-corrected chi connectivity index (χ1v) is 8.07. The number of nitrogens with one attached hydrogen (secondary N) is 2. The Bertz CT molecular complexity index is 671. The molecule has 0 radical (unpaired) electrons. The predicted molar refractivity (Wildman–Crippen MR) is 85.5 cm³/mol. The van der Waals surface area contributed by atoms with Crippen molar-refractivity contribution in [3.8, 4) is 5.75 Å². The normalized spacial score (nSPS) is 11.2. The van der Waals surface area contributed by atoms with Gasteiger partial charge in [-0.05, 0) is 30.7 Å². The summed E-state index contributed by atoms with van der Waals surface area (Å²) in [6.45, 7) is 2.59. The van der Waals surface area contributed by atoms with Gasteiger partial charge in [-0.2, -0.15) is 0 Å². The number of halogens is 3. The van der Waals surface area contributed by atoms with Gasteiger partial charge in [0, 0.05) is 17.6 Å². The first kappa shape index (κ1) is 18.1. The van der Waals surface area contributed by atoms with Crippen molar-refractivity contribution in [2.45, 2.75) is 26.1 Å². The largest absolute Gasteiger partial charge is 0.573 e. The molecule has 2 aromatic rings. The molecule has 0 aliphatic rings. The van der Waals surface area contributed by atoms with Crippen molar-refractivity contribution in [2.24, 2.45) is 0 Å². The van der Waals surface area contributed by atoms with E-state index >= 15 is 0 Å². The summed E-state index contributed by atoms with van der Waals surface area (Å²) in [5.74, 6) is -0.386. The third-order valence-electron chi connectivity index (χ3n) is 2.80. The molecule has 1 heterocycles. The van der Waals surface area contributed by atoms with Crippen molar-refractivity contribution in [1.29, 1.82) is 0 Å². The summed E-state index contributed by atoms with van der Waals surface area (Å²) in [5.41, 5.74) is 1.20. The molecule has 0 atom stereocenters. The number of amides is 1. The summed E-state index contributed by atoms with van der Waals surface area (Å²) in [7, 11) is 0. The highest BCUT2D eigenvalue weighted by atomic mass is 32.1. The van der Waals surface area contributed by atoms with Crippen LogP contribution in [0.25, 0.3) is 0 Å². The fraction of sp³-hybridized carbons (Fsp3) is 0.333. The molecule has 2 rings (SSSR count). The Morgan fingerprint density at radius 1 is 1.29 bits per heavy atom. The SMILES string of the molecule is CCCNC(=O)Cc1csc(Nc2ccc(OC(F)(F)F)cc2)n1. The van der Waals surface area contributed by atoms with Crippen LogP contribution in [-0.4, -0.2) is 23.8 Å². The van der Waals surface area contributed by atoms with Gasteiger partial charge in [0.15, 0.2) is 5.13 Å². The molecule has 24 heavy (non-hydrogen) atoms. The van der Waals surface area contributed by atoms with Gasteiger partial charge in [-0.3, -0.25) is 4.79 Å². The van der Waals surface area contributed by atoms with Crippen molar-refractivity contribution in [1.82, 2.24) is 10.3 Å². The van der Waals surface area contributed by atoms with Gasteiger partial charge < -0.3 is 15.4 Å². The van der Waals surface area contributed by atoms with Crippen LogP contribution in [0.2, 0.25) is 0 Å². The van der Waals surface area contributed by atoms with E-state index in [1.807, 2.05) is 6.92 Å². The average molecular weight is 359 g/mol. The Morgan fingerprint density at radius 3 is 2.62 bits per heavy atom. The number of rotatable bonds is 7. The van der Waals surface area contributed by atoms with E-state index in [9.17, 15) is 18.0 Å². The van der Waals surface area contributed by atoms with E-state index in [-0.39, 0.29) is 18.1 Å². The second-order valence-electron chi connectivity index (χ2n) is 4.87. The number of nitrogens with zero attached hydrogens (tertiary/aromatic N) is 1. The Morgan fingerprint density at radius 2 is 2.00 bits per heavy atom. The van der Waals surface area contributed by atoms with Gasteiger partial charge >= 0.3 is 6.36 Å². The van der Waals surface area contributed by atoms with Gasteiger partial charge in [-0.25, -0.2) is 4.98 Å². The third-order valence-corrected chi connectivity index (χ3v) is 3.61. The molecule has 1 aromatic carbocycles. The highest BCUT2D eigenvalue weighted by Gasteiger charge is 2.30. The quantitative estimate of drug-likeness (QED) is 0.788. The maximum Gasteiger partial charge on any atom is 0.573 e. The van der Waals surface area contributed by atoms with Crippen LogP contribution in [0.3, 0.4) is 0 Å². The molecule has 1 aromatic heterocycles. The van der Waals surface area contributed by atoms with Crippen LogP contribution in [0.1, 0.15) is 19.0 Å². The van der Waals surface area contributed by atoms with Gasteiger partial charge in [-0.15, -0.1) is 24.5 Å². The number of ether oxygens (including phenoxy) is 1. The van der Waals surface area contributed by atoms with E-state index < -0.39 is 6.36 Å². The minimum Gasteiger partial charge on any atom is -0.406 e. The molecule has 9 heteroatoms. The minimum absolute atomic E-state index is 0.0950. The van der Waals surface area contributed by atoms with Crippen molar-refractivity contribution in [3.05, 3.63) is 35.3 Å². The molecule has 0 spiro atoms. The number of benzene rings is 1. The summed E-state index contributed by atoms with van der Waals surface area (Å²) in [5, 5.41) is 8.05. The molecule has 0 fully saturated rings. The minimum atomic E-state index is -4.71. The number of hydrogen-bond donors (Lipinski definition) is 2. The first-order chi connectivity index (χ1) is 11.4. The van der Waals surface area contributed by atoms with Crippen molar-refractivity contribution < 1.29 is 22.7 Å². The highest BCUT2D eigenvalue weighted by molar-refractivity contribution is 7.13. The molecule has 5 nitrogen and oxygen atoms in total. The number of thiazole rings is 1. The average Bonchev–Trinajstić information content (AvgIpc) is 2.93. The molecule has 0 aliphatic heterocycles. The molecule has 0 aliphatic carbocycles. The molecule has 0 saturated heterocycles. The Hall–Kier alpha value is -2.29. The maximum absolute atomic E-state index is 12.1. The lowest BCUT2D eigenvalue weighted by molar-refractivity contribution is -0.274. The number of anilines is 2. The molecular formula is C15H16F3N3O2S. The maximum atomic E-state index is 12.1. The number of alkyl halides is 3. The van der Waals surface area contributed by atoms with Crippen LogP contribution in [-0.2, 0) is 11.2 Å². The monoisotopic (exact) mass is 359 g/mol. The number of carbonyl (C=O) groups is 1. The summed E-state index contributed by atoms with van der Waals surface area (Å²) in [6.07, 6.45) is -3.66. The molecule has 0 bridgehead atoms. The lowest BCUT2D eigenvalue weighted by atomic mass is 10.3. The number of hydrogen-bond acceptors (Lipinski definition) is 5. The van der Waals surface area contributed by atoms with Crippen LogP contribution in [0, 0.1) is 0 Å². The standard InChI is InChI=1S/C15H16F3N3O2S/c1-2-7-19-13(22)8-11-9-24-14(21-11)20-10-3-5-12(6-4-10)23-15(16,17)18/h3-6,9H,2,7-8H2,1H3,(H,19,22)(H,20,21). The Kier molecular flexibility index (Phi) is 6.02. The number of carbonyl (C=O) groups excluding carboxylic acids is 1. The number of aromatic nitrogens is 1. The van der Waals surface area contributed by atoms with Crippen LogP contribution >= 0.6 is 11.3 Å². The third kappa shape index (κ3) is 6.07. The summed E-state index contributed by atoms with van der Waals surface area (Å²) in [6, 6.07) is 5.33. The highest BCUT2D eigenvalue weighted by Crippen LogP contribution is 2.26. The van der Waals surface area contributed by atoms with E-state index in [4.69, 9.17) is 0 Å². The summed E-state index contributed by atoms with van der Waals surface area (Å²) in [4.78, 5) is 15.9. The topological polar surface area (TPSA) is 63.2 Å². The Labute approximate surface area is 140 Å². The van der Waals surface area contributed by atoms with E-state index in [1.54, 1.807) is 5.38 Å². The van der Waals surface area contributed by atoms with Gasteiger partial charge in [0.05, 0.1) is 12.1 Å². The van der Waals surface area contributed by atoms with E-state index in [0.29, 0.717) is 23.1 Å². The van der Waals surface area contributed by atoms with Crippen molar-refractivity contribution in [3.63, 3.8) is 0 Å². The van der Waals surface area contributed by atoms with Gasteiger partial charge in [0.2, 0.25) is 5.91 Å². The summed E-state index contributed by atoms with van der Waals surface area (Å²) < 4.78 is 40.1. The van der Waals surface area contributed by atoms with E-state index in [2.05, 4.69) is 20.4 Å². The molecule has 130 valence electrons. The second-order valence-corrected chi connectivity index (χ2v) is 5.73. The first-order valence-electron chi connectivity index (χ1n) is 7.19. The van der Waals surface area contributed by atoms with E-state index in [1.165, 1.54) is 35.6 Å². The zero-order valence-electron chi connectivity index (χ0n) is 12.8. The second kappa shape index (κ2) is 8.00. The Balaban J connectivity index is 1.91. The van der Waals surface area contributed by atoms with Crippen molar-refractivity contribution >= 4 is 28.1 Å². The van der Waals surface area contributed by atoms with Crippen LogP contribution in [0.4, 0.5) is 24.0 Å².